The van der Waals surface area contributed by atoms with Crippen molar-refractivity contribution in [3.63, 3.8) is 0 Å². The number of rotatable bonds is 4. The summed E-state index contributed by atoms with van der Waals surface area (Å²) < 4.78 is 10.4. The van der Waals surface area contributed by atoms with Crippen LogP contribution >= 0.6 is 0 Å². The van der Waals surface area contributed by atoms with Crippen molar-refractivity contribution in [1.82, 2.24) is 9.97 Å². The van der Waals surface area contributed by atoms with E-state index < -0.39 is 0 Å². The second-order valence-corrected chi connectivity index (χ2v) is 6.41. The normalized spacial score (nSPS) is 16.0. The van der Waals surface area contributed by atoms with Crippen LogP contribution < -0.4 is 14.8 Å². The minimum Gasteiger partial charge on any atom is -0.493 e. The molecule has 0 saturated heterocycles. The summed E-state index contributed by atoms with van der Waals surface area (Å²) in [5.41, 5.74) is 2.27. The van der Waals surface area contributed by atoms with Gasteiger partial charge in [-0.05, 0) is 37.5 Å². The van der Waals surface area contributed by atoms with E-state index >= 15 is 0 Å². The second-order valence-electron chi connectivity index (χ2n) is 6.41. The van der Waals surface area contributed by atoms with Gasteiger partial charge in [-0.2, -0.15) is 0 Å². The smallest absolute Gasteiger partial charge is 0.258 e. The molecule has 1 N–H and O–H groups in total. The molecule has 1 aliphatic rings. The lowest BCUT2D eigenvalue weighted by Crippen LogP contribution is -2.23. The Morgan fingerprint density at radius 2 is 1.88 bits per heavy atom. The minimum atomic E-state index is -0.361. The Hall–Kier alpha value is -2.96. The topological polar surface area (TPSA) is 90.4 Å². The van der Waals surface area contributed by atoms with Crippen LogP contribution in [0.4, 0.5) is 5.95 Å². The van der Waals surface area contributed by atoms with E-state index in [4.69, 9.17) is 9.47 Å². The lowest BCUT2D eigenvalue weighted by Gasteiger charge is -2.21. The highest BCUT2D eigenvalue weighted by molar-refractivity contribution is 6.04. The molecule has 1 aliphatic carbocycles. The number of aryl methyl sites for hydroxylation is 1. The first kappa shape index (κ1) is 17.8. The molecule has 7 nitrogen and oxygen atoms in total. The van der Waals surface area contributed by atoms with Crippen molar-refractivity contribution in [3.05, 3.63) is 40.7 Å². The summed E-state index contributed by atoms with van der Waals surface area (Å²) in [7, 11) is 3.04. The summed E-state index contributed by atoms with van der Waals surface area (Å²) in [6.45, 7) is 3.78. The maximum Gasteiger partial charge on any atom is 0.258 e. The molecular formula is C19H21N3O4. The van der Waals surface area contributed by atoms with Crippen LogP contribution in [0.1, 0.15) is 45.4 Å². The van der Waals surface area contributed by atoms with Crippen molar-refractivity contribution in [2.75, 3.05) is 19.5 Å². The average molecular weight is 355 g/mol. The van der Waals surface area contributed by atoms with Gasteiger partial charge in [-0.15, -0.1) is 0 Å². The summed E-state index contributed by atoms with van der Waals surface area (Å²) >= 11 is 0. The molecule has 0 unspecified atom stereocenters. The first-order chi connectivity index (χ1) is 12.4. The number of fused-ring (bicyclic) bond motifs is 1. The fourth-order valence-electron chi connectivity index (χ4n) is 3.17. The number of aromatic nitrogens is 2. The molecule has 2 aromatic rings. The Bertz CT molecular complexity index is 879. The van der Waals surface area contributed by atoms with Gasteiger partial charge in [0.25, 0.3) is 5.91 Å². The zero-order valence-electron chi connectivity index (χ0n) is 15.3. The lowest BCUT2D eigenvalue weighted by molar-refractivity contribution is 0.0950. The molecule has 0 aliphatic heterocycles. The molecule has 0 radical (unpaired) electrons. The van der Waals surface area contributed by atoms with Gasteiger partial charge in [-0.25, -0.2) is 9.97 Å². The molecule has 26 heavy (non-hydrogen) atoms. The quantitative estimate of drug-likeness (QED) is 0.907. The van der Waals surface area contributed by atoms with Gasteiger partial charge < -0.3 is 9.47 Å². The van der Waals surface area contributed by atoms with E-state index in [-0.39, 0.29) is 23.6 Å². The molecule has 0 bridgehead atoms. The van der Waals surface area contributed by atoms with Crippen LogP contribution in [-0.4, -0.2) is 35.9 Å². The van der Waals surface area contributed by atoms with Crippen LogP contribution in [0, 0.1) is 12.8 Å². The molecule has 7 heteroatoms. The van der Waals surface area contributed by atoms with Crippen molar-refractivity contribution in [3.8, 4) is 11.5 Å². The van der Waals surface area contributed by atoms with E-state index in [1.54, 1.807) is 25.1 Å². The monoisotopic (exact) mass is 355 g/mol. The number of Topliss-reactive ketones (excluding diaryl/α,β-unsaturated/α-hetero) is 1. The number of hydrogen-bond donors (Lipinski definition) is 1. The molecular weight excluding hydrogens is 334 g/mol. The maximum atomic E-state index is 12.5. The summed E-state index contributed by atoms with van der Waals surface area (Å²) in [5, 5.41) is 2.70. The van der Waals surface area contributed by atoms with Gasteiger partial charge in [-0.1, -0.05) is 6.92 Å². The van der Waals surface area contributed by atoms with Gasteiger partial charge in [-0.3, -0.25) is 14.9 Å². The summed E-state index contributed by atoms with van der Waals surface area (Å²) in [6, 6.07) is 4.88. The second kappa shape index (κ2) is 7.11. The van der Waals surface area contributed by atoms with Gasteiger partial charge in [0.05, 0.1) is 31.2 Å². The Morgan fingerprint density at radius 3 is 2.58 bits per heavy atom. The third-order valence-corrected chi connectivity index (χ3v) is 4.39. The highest BCUT2D eigenvalue weighted by Gasteiger charge is 2.27. The molecule has 1 aromatic heterocycles. The first-order valence-corrected chi connectivity index (χ1v) is 8.37. The highest BCUT2D eigenvalue weighted by atomic mass is 16.5. The van der Waals surface area contributed by atoms with Gasteiger partial charge >= 0.3 is 0 Å². The molecule has 1 heterocycles. The van der Waals surface area contributed by atoms with Crippen molar-refractivity contribution in [2.45, 2.75) is 26.7 Å². The molecule has 0 spiro atoms. The Labute approximate surface area is 151 Å². The van der Waals surface area contributed by atoms with Gasteiger partial charge in [0.15, 0.2) is 17.3 Å². The number of nitrogens with one attached hydrogen (secondary N) is 1. The number of carbonyl (C=O) groups is 2. The van der Waals surface area contributed by atoms with Crippen molar-refractivity contribution in [1.29, 1.82) is 0 Å². The van der Waals surface area contributed by atoms with Crippen molar-refractivity contribution in [2.24, 2.45) is 5.92 Å². The zero-order valence-corrected chi connectivity index (χ0v) is 15.3. The molecule has 136 valence electrons. The molecule has 0 fully saturated rings. The maximum absolute atomic E-state index is 12.5. The van der Waals surface area contributed by atoms with Gasteiger partial charge in [0, 0.05) is 12.0 Å². The van der Waals surface area contributed by atoms with Crippen LogP contribution in [0.15, 0.2) is 18.2 Å². The van der Waals surface area contributed by atoms with E-state index in [0.29, 0.717) is 46.9 Å². The van der Waals surface area contributed by atoms with Crippen LogP contribution in [0.3, 0.4) is 0 Å². The zero-order chi connectivity index (χ0) is 18.8. The van der Waals surface area contributed by atoms with E-state index in [1.165, 1.54) is 14.2 Å². The van der Waals surface area contributed by atoms with E-state index in [0.717, 1.165) is 0 Å². The van der Waals surface area contributed by atoms with E-state index in [9.17, 15) is 9.59 Å². The number of carbonyl (C=O) groups excluding carboxylic acids is 2. The van der Waals surface area contributed by atoms with E-state index in [1.807, 2.05) is 6.92 Å². The highest BCUT2D eigenvalue weighted by Crippen LogP contribution is 2.29. The number of ether oxygens (including phenoxy) is 2. The third-order valence-electron chi connectivity index (χ3n) is 4.39. The Balaban J connectivity index is 1.87. The van der Waals surface area contributed by atoms with E-state index in [2.05, 4.69) is 15.3 Å². The summed E-state index contributed by atoms with van der Waals surface area (Å²) in [4.78, 5) is 33.4. The molecule has 0 saturated carbocycles. The summed E-state index contributed by atoms with van der Waals surface area (Å²) in [6.07, 6.45) is 1.21. The number of amides is 1. The van der Waals surface area contributed by atoms with Crippen LogP contribution in [0.5, 0.6) is 11.5 Å². The number of benzene rings is 1. The largest absolute Gasteiger partial charge is 0.493 e. The Morgan fingerprint density at radius 1 is 1.15 bits per heavy atom. The Kier molecular flexibility index (Phi) is 4.88. The molecule has 1 atom stereocenters. The average Bonchev–Trinajstić information content (AvgIpc) is 2.59. The van der Waals surface area contributed by atoms with Crippen molar-refractivity contribution >= 4 is 17.6 Å². The van der Waals surface area contributed by atoms with Gasteiger partial charge in [0.1, 0.15) is 0 Å². The van der Waals surface area contributed by atoms with Crippen LogP contribution in [0.25, 0.3) is 0 Å². The lowest BCUT2D eigenvalue weighted by atomic mass is 9.86. The molecule has 3 rings (SSSR count). The standard InChI is InChI=1S/C19H21N3O4/c1-10-7-13-17(14(23)8-10)11(2)20-19(21-13)22-18(24)12-5-6-15(25-3)16(9-12)26-4/h5-6,9-10H,7-8H2,1-4H3,(H,20,21,22,24)/t10-/m1/s1. The predicted octanol–water partition coefficient (Wildman–Crippen LogP) is 2.82. The van der Waals surface area contributed by atoms with Crippen LogP contribution in [-0.2, 0) is 6.42 Å². The molecule has 1 amide bonds. The SMILES string of the molecule is COc1ccc(C(=O)Nc2nc(C)c3c(n2)C[C@@H](C)CC3=O)cc1OC. The van der Waals surface area contributed by atoms with Gasteiger partial charge in [0.2, 0.25) is 5.95 Å². The third kappa shape index (κ3) is 3.37. The number of hydrogen-bond acceptors (Lipinski definition) is 6. The van der Waals surface area contributed by atoms with Crippen LogP contribution in [0.2, 0.25) is 0 Å². The number of methoxy groups -OCH3 is 2. The molecule has 1 aromatic carbocycles. The fourth-order valence-corrected chi connectivity index (χ4v) is 3.17. The fraction of sp³-hybridized carbons (Fsp3) is 0.368. The minimum absolute atomic E-state index is 0.0639. The summed E-state index contributed by atoms with van der Waals surface area (Å²) in [5.74, 6) is 1.13. The number of nitrogens with zero attached hydrogens (tertiary/aromatic N) is 2. The number of ketones is 1. The predicted molar refractivity (Wildman–Crippen MR) is 96.1 cm³/mol. The first-order valence-electron chi connectivity index (χ1n) is 8.37. The van der Waals surface area contributed by atoms with Crippen molar-refractivity contribution < 1.29 is 19.1 Å². The number of anilines is 1.